The van der Waals surface area contributed by atoms with Crippen LogP contribution in [0.5, 0.6) is 0 Å². The van der Waals surface area contributed by atoms with Gasteiger partial charge in [0.1, 0.15) is 5.60 Å². The molecule has 0 aromatic heterocycles. The maximum atomic E-state index is 12.6. The van der Waals surface area contributed by atoms with E-state index in [9.17, 15) is 9.90 Å². The number of benzene rings is 2. The summed E-state index contributed by atoms with van der Waals surface area (Å²) in [6.07, 6.45) is 2.39. The van der Waals surface area contributed by atoms with E-state index in [1.165, 1.54) is 10.4 Å². The van der Waals surface area contributed by atoms with E-state index in [0.717, 1.165) is 19.3 Å². The van der Waals surface area contributed by atoms with E-state index in [0.29, 0.717) is 13.0 Å². The van der Waals surface area contributed by atoms with Crippen LogP contribution in [0.4, 0.5) is 4.79 Å². The van der Waals surface area contributed by atoms with Gasteiger partial charge in [-0.3, -0.25) is 0 Å². The lowest BCUT2D eigenvalue weighted by Crippen LogP contribution is -2.66. The molecule has 2 N–H and O–H groups in total. The van der Waals surface area contributed by atoms with Gasteiger partial charge >= 0.3 is 6.09 Å². The van der Waals surface area contributed by atoms with E-state index < -0.39 is 26.1 Å². The summed E-state index contributed by atoms with van der Waals surface area (Å²) in [6, 6.07) is 20.9. The number of amides is 1. The highest BCUT2D eigenvalue weighted by atomic mass is 28.4. The molecule has 0 heterocycles. The van der Waals surface area contributed by atoms with Gasteiger partial charge in [0.15, 0.2) is 0 Å². The number of nitrogens with one attached hydrogen (secondary N) is 1. The third kappa shape index (κ3) is 6.75. The fourth-order valence-corrected chi connectivity index (χ4v) is 9.97. The largest absolute Gasteiger partial charge is 0.444 e. The molecule has 0 saturated heterocycles. The molecule has 35 heavy (non-hydrogen) atoms. The van der Waals surface area contributed by atoms with Crippen molar-refractivity contribution >= 4 is 24.8 Å². The lowest BCUT2D eigenvalue weighted by atomic mass is 9.94. The average molecular weight is 498 g/mol. The Morgan fingerprint density at radius 1 is 0.971 bits per heavy atom. The van der Waals surface area contributed by atoms with Crippen LogP contribution in [0.15, 0.2) is 60.7 Å². The van der Waals surface area contributed by atoms with Gasteiger partial charge in [-0.2, -0.15) is 0 Å². The second-order valence-electron chi connectivity index (χ2n) is 11.7. The minimum Gasteiger partial charge on any atom is -0.444 e. The van der Waals surface area contributed by atoms with Crippen LogP contribution < -0.4 is 15.7 Å². The molecule has 192 valence electrons. The van der Waals surface area contributed by atoms with Gasteiger partial charge in [0.2, 0.25) is 0 Å². The number of carbonyl (C=O) groups excluding carboxylic acids is 1. The standard InChI is InChI=1S/C29H43NO4Si/c1-28(2,3)34-27(32)30-25(24-18-13-19-26(24)31)20-21-33-35(29(4,5)6,22-14-9-7-10-15-22)23-16-11-8-12-17-23/h7-12,14-17,24-26,31H,13,18-21H2,1-6H3,(H,30,32)/t24-,25+,26-/m1/s1. The van der Waals surface area contributed by atoms with E-state index >= 15 is 0 Å². The van der Waals surface area contributed by atoms with Crippen molar-refractivity contribution in [2.24, 2.45) is 5.92 Å². The van der Waals surface area contributed by atoms with Crippen LogP contribution in [0, 0.1) is 5.92 Å². The Morgan fingerprint density at radius 3 is 1.94 bits per heavy atom. The predicted octanol–water partition coefficient (Wildman–Crippen LogP) is 5.01. The van der Waals surface area contributed by atoms with Crippen molar-refractivity contribution in [1.82, 2.24) is 5.32 Å². The molecule has 1 fully saturated rings. The van der Waals surface area contributed by atoms with Crippen molar-refractivity contribution < 1.29 is 19.1 Å². The topological polar surface area (TPSA) is 67.8 Å². The van der Waals surface area contributed by atoms with Gasteiger partial charge in [-0.1, -0.05) is 87.9 Å². The zero-order valence-corrected chi connectivity index (χ0v) is 23.2. The third-order valence-electron chi connectivity index (χ3n) is 6.91. The summed E-state index contributed by atoms with van der Waals surface area (Å²) >= 11 is 0. The van der Waals surface area contributed by atoms with Crippen molar-refractivity contribution in [2.45, 2.75) is 90.0 Å². The van der Waals surface area contributed by atoms with Gasteiger partial charge in [0, 0.05) is 18.6 Å². The first-order valence-electron chi connectivity index (χ1n) is 12.9. The summed E-state index contributed by atoms with van der Waals surface area (Å²) < 4.78 is 12.6. The number of aliphatic hydroxyl groups excluding tert-OH is 1. The second kappa shape index (κ2) is 11.3. The monoisotopic (exact) mass is 497 g/mol. The number of ether oxygens (including phenoxy) is 1. The zero-order valence-electron chi connectivity index (χ0n) is 22.2. The summed E-state index contributed by atoms with van der Waals surface area (Å²) in [4.78, 5) is 12.6. The molecular formula is C29H43NO4Si. The van der Waals surface area contributed by atoms with Crippen LogP contribution in [0.2, 0.25) is 5.04 Å². The normalized spacial score (nSPS) is 19.9. The van der Waals surface area contributed by atoms with E-state index in [4.69, 9.17) is 9.16 Å². The van der Waals surface area contributed by atoms with E-state index in [-0.39, 0.29) is 17.0 Å². The van der Waals surface area contributed by atoms with Crippen molar-refractivity contribution in [3.05, 3.63) is 60.7 Å². The molecule has 0 radical (unpaired) electrons. The van der Waals surface area contributed by atoms with Crippen molar-refractivity contribution in [3.63, 3.8) is 0 Å². The number of aliphatic hydroxyl groups is 1. The van der Waals surface area contributed by atoms with E-state index in [1.54, 1.807) is 0 Å². The van der Waals surface area contributed by atoms with E-state index in [1.807, 2.05) is 32.9 Å². The van der Waals surface area contributed by atoms with Gasteiger partial charge in [0.05, 0.1) is 6.10 Å². The van der Waals surface area contributed by atoms with Crippen molar-refractivity contribution in [3.8, 4) is 0 Å². The second-order valence-corrected chi connectivity index (χ2v) is 16.0. The first-order valence-corrected chi connectivity index (χ1v) is 14.8. The van der Waals surface area contributed by atoms with Crippen LogP contribution in [0.1, 0.15) is 67.2 Å². The first-order chi connectivity index (χ1) is 16.4. The van der Waals surface area contributed by atoms with Gasteiger partial charge in [-0.15, -0.1) is 0 Å². The van der Waals surface area contributed by atoms with Crippen molar-refractivity contribution in [2.75, 3.05) is 6.61 Å². The Labute approximate surface area is 212 Å². The lowest BCUT2D eigenvalue weighted by molar-refractivity contribution is 0.0422. The highest BCUT2D eigenvalue weighted by Crippen LogP contribution is 2.37. The molecule has 0 bridgehead atoms. The lowest BCUT2D eigenvalue weighted by Gasteiger charge is -2.43. The molecule has 1 amide bonds. The molecule has 2 aromatic rings. The Bertz CT molecular complexity index is 897. The molecular weight excluding hydrogens is 454 g/mol. The number of hydrogen-bond donors (Lipinski definition) is 2. The summed E-state index contributed by atoms with van der Waals surface area (Å²) in [7, 11) is -2.66. The molecule has 6 heteroatoms. The van der Waals surface area contributed by atoms with Crippen LogP contribution in [0.3, 0.4) is 0 Å². The SMILES string of the molecule is CC(C)(C)OC(=O)N[C@@H](CCO[Si](c1ccccc1)(c1ccccc1)C(C)(C)C)[C@H]1CCC[C@H]1O. The smallest absolute Gasteiger partial charge is 0.407 e. The van der Waals surface area contributed by atoms with Crippen LogP contribution in [-0.4, -0.2) is 43.9 Å². The Kier molecular flexibility index (Phi) is 8.84. The molecule has 3 rings (SSSR count). The minimum atomic E-state index is -2.66. The number of alkyl carbamates (subject to hydrolysis) is 1. The van der Waals surface area contributed by atoms with Crippen molar-refractivity contribution in [1.29, 1.82) is 0 Å². The summed E-state index contributed by atoms with van der Waals surface area (Å²) in [5, 5.41) is 16.0. The molecule has 3 atom stereocenters. The fourth-order valence-electron chi connectivity index (χ4n) is 5.39. The summed E-state index contributed by atoms with van der Waals surface area (Å²) in [6.45, 7) is 12.8. The molecule has 1 aliphatic carbocycles. The Hall–Kier alpha value is -2.15. The quantitative estimate of drug-likeness (QED) is 0.503. The summed E-state index contributed by atoms with van der Waals surface area (Å²) in [5.41, 5.74) is -0.575. The molecule has 0 spiro atoms. The van der Waals surface area contributed by atoms with Gasteiger partial charge in [-0.05, 0) is 55.4 Å². The minimum absolute atomic E-state index is 0.00488. The average Bonchev–Trinajstić information content (AvgIpc) is 3.21. The molecule has 1 aliphatic rings. The summed E-state index contributed by atoms with van der Waals surface area (Å²) in [5.74, 6) is 0.00488. The number of carbonyl (C=O) groups is 1. The fraction of sp³-hybridized carbons (Fsp3) is 0.552. The first kappa shape index (κ1) is 27.4. The molecule has 0 unspecified atom stereocenters. The van der Waals surface area contributed by atoms with Gasteiger partial charge < -0.3 is 19.6 Å². The van der Waals surface area contributed by atoms with Crippen LogP contribution in [-0.2, 0) is 9.16 Å². The Morgan fingerprint density at radius 2 is 1.51 bits per heavy atom. The van der Waals surface area contributed by atoms with Gasteiger partial charge in [-0.25, -0.2) is 4.79 Å². The molecule has 0 aliphatic heterocycles. The van der Waals surface area contributed by atoms with Crippen LogP contribution in [0.25, 0.3) is 0 Å². The maximum absolute atomic E-state index is 12.6. The van der Waals surface area contributed by atoms with E-state index in [2.05, 4.69) is 74.6 Å². The highest BCUT2D eigenvalue weighted by molar-refractivity contribution is 6.99. The zero-order chi connectivity index (χ0) is 25.7. The molecule has 5 nitrogen and oxygen atoms in total. The third-order valence-corrected chi connectivity index (χ3v) is 12.0. The predicted molar refractivity (Wildman–Crippen MR) is 145 cm³/mol. The number of rotatable bonds is 8. The highest BCUT2D eigenvalue weighted by Gasteiger charge is 2.50. The number of hydrogen-bond acceptors (Lipinski definition) is 4. The Balaban J connectivity index is 1.88. The molecule has 2 aromatic carbocycles. The van der Waals surface area contributed by atoms with Crippen LogP contribution >= 0.6 is 0 Å². The van der Waals surface area contributed by atoms with Gasteiger partial charge in [0.25, 0.3) is 8.32 Å². The molecule has 1 saturated carbocycles. The maximum Gasteiger partial charge on any atom is 0.407 e.